The molecular formula is C10H15BrN2O2S. The molecule has 4 nitrogen and oxygen atoms in total. The number of anilines is 1. The summed E-state index contributed by atoms with van der Waals surface area (Å²) in [6.45, 7) is 2.14. The maximum Gasteiger partial charge on any atom is 0.151 e. The molecule has 0 saturated carbocycles. The first-order valence-electron chi connectivity index (χ1n) is 4.96. The number of rotatable bonds is 5. The Balaban J connectivity index is 2.63. The molecule has 0 radical (unpaired) electrons. The second-order valence-corrected chi connectivity index (χ2v) is 6.91. The van der Waals surface area contributed by atoms with E-state index in [1.165, 1.54) is 0 Å². The Morgan fingerprint density at radius 1 is 1.44 bits per heavy atom. The molecule has 0 spiro atoms. The van der Waals surface area contributed by atoms with E-state index in [1.54, 1.807) is 19.3 Å². The molecule has 1 aromatic rings. The molecule has 6 heteroatoms. The summed E-state index contributed by atoms with van der Waals surface area (Å²) < 4.78 is 23.6. The lowest BCUT2D eigenvalue weighted by Gasteiger charge is -2.18. The second kappa shape index (κ2) is 5.63. The van der Waals surface area contributed by atoms with Gasteiger partial charge in [0.15, 0.2) is 9.84 Å². The topological polar surface area (TPSA) is 50.3 Å². The number of aromatic nitrogens is 1. The highest BCUT2D eigenvalue weighted by molar-refractivity contribution is 9.10. The standard InChI is InChI=1S/C10H15BrN2O2S/c1-3-16(14,15)5-4-13(2)10-6-9(11)7-12-8-10/h6-8H,3-5H2,1-2H3. The van der Waals surface area contributed by atoms with Gasteiger partial charge in [-0.25, -0.2) is 8.42 Å². The minimum absolute atomic E-state index is 0.173. The fraction of sp³-hybridized carbons (Fsp3) is 0.500. The monoisotopic (exact) mass is 306 g/mol. The molecule has 1 rings (SSSR count). The van der Waals surface area contributed by atoms with Crippen LogP contribution in [0.5, 0.6) is 0 Å². The van der Waals surface area contributed by atoms with Crippen molar-refractivity contribution in [3.05, 3.63) is 22.9 Å². The molecule has 0 aliphatic rings. The molecule has 0 unspecified atom stereocenters. The van der Waals surface area contributed by atoms with E-state index in [9.17, 15) is 8.42 Å². The van der Waals surface area contributed by atoms with Gasteiger partial charge in [0.05, 0.1) is 17.6 Å². The Bertz CT molecular complexity index is 448. The van der Waals surface area contributed by atoms with Gasteiger partial charge in [-0.15, -0.1) is 0 Å². The van der Waals surface area contributed by atoms with Gasteiger partial charge in [0.1, 0.15) is 0 Å². The fourth-order valence-electron chi connectivity index (χ4n) is 1.16. The van der Waals surface area contributed by atoms with Crippen molar-refractivity contribution in [2.75, 3.05) is 30.0 Å². The van der Waals surface area contributed by atoms with Gasteiger partial charge in [-0.2, -0.15) is 0 Å². The van der Waals surface area contributed by atoms with E-state index in [0.29, 0.717) is 6.54 Å². The van der Waals surface area contributed by atoms with E-state index in [4.69, 9.17) is 0 Å². The predicted octanol–water partition coefficient (Wildman–Crippen LogP) is 1.71. The molecule has 0 bridgehead atoms. The Hall–Kier alpha value is -0.620. The Kier molecular flexibility index (Phi) is 4.73. The lowest BCUT2D eigenvalue weighted by molar-refractivity contribution is 0.596. The predicted molar refractivity (Wildman–Crippen MR) is 69.5 cm³/mol. The SMILES string of the molecule is CCS(=O)(=O)CCN(C)c1cncc(Br)c1. The van der Waals surface area contributed by atoms with Gasteiger partial charge in [-0.1, -0.05) is 6.92 Å². The van der Waals surface area contributed by atoms with Gasteiger partial charge in [0, 0.05) is 30.0 Å². The van der Waals surface area contributed by atoms with Gasteiger partial charge >= 0.3 is 0 Å². The fourth-order valence-corrected chi connectivity index (χ4v) is 2.35. The van der Waals surface area contributed by atoms with Crippen molar-refractivity contribution >= 4 is 31.5 Å². The van der Waals surface area contributed by atoms with Crippen LogP contribution < -0.4 is 4.90 Å². The Labute approximate surface area is 105 Å². The summed E-state index contributed by atoms with van der Waals surface area (Å²) in [5, 5.41) is 0. The van der Waals surface area contributed by atoms with Crippen molar-refractivity contribution in [1.82, 2.24) is 4.98 Å². The van der Waals surface area contributed by atoms with Crippen LogP contribution in [0.25, 0.3) is 0 Å². The molecule has 0 N–H and O–H groups in total. The zero-order valence-corrected chi connectivity index (χ0v) is 11.8. The highest BCUT2D eigenvalue weighted by Gasteiger charge is 2.09. The maximum absolute atomic E-state index is 11.4. The van der Waals surface area contributed by atoms with Crippen LogP contribution in [-0.4, -0.2) is 38.5 Å². The van der Waals surface area contributed by atoms with Crippen LogP contribution >= 0.6 is 15.9 Å². The van der Waals surface area contributed by atoms with E-state index in [-0.39, 0.29) is 11.5 Å². The average molecular weight is 307 g/mol. The number of pyridine rings is 1. The molecule has 0 saturated heterocycles. The van der Waals surface area contributed by atoms with E-state index in [0.717, 1.165) is 10.2 Å². The van der Waals surface area contributed by atoms with Crippen LogP contribution in [0.15, 0.2) is 22.9 Å². The van der Waals surface area contributed by atoms with Crippen LogP contribution in [-0.2, 0) is 9.84 Å². The zero-order chi connectivity index (χ0) is 12.2. The van der Waals surface area contributed by atoms with Crippen molar-refractivity contribution in [2.24, 2.45) is 0 Å². The van der Waals surface area contributed by atoms with E-state index < -0.39 is 9.84 Å². The van der Waals surface area contributed by atoms with Gasteiger partial charge in [0.25, 0.3) is 0 Å². The molecule has 0 aromatic carbocycles. The first kappa shape index (κ1) is 13.4. The molecule has 16 heavy (non-hydrogen) atoms. The summed E-state index contributed by atoms with van der Waals surface area (Å²) in [6.07, 6.45) is 3.41. The molecule has 1 aromatic heterocycles. The summed E-state index contributed by atoms with van der Waals surface area (Å²) in [5.41, 5.74) is 0.903. The van der Waals surface area contributed by atoms with Crippen LogP contribution in [0.4, 0.5) is 5.69 Å². The normalized spacial score (nSPS) is 11.4. The molecule has 1 heterocycles. The third-order valence-electron chi connectivity index (χ3n) is 2.31. The van der Waals surface area contributed by atoms with Crippen LogP contribution in [0.2, 0.25) is 0 Å². The lowest BCUT2D eigenvalue weighted by atomic mass is 10.4. The number of nitrogens with zero attached hydrogens (tertiary/aromatic N) is 2. The van der Waals surface area contributed by atoms with Gasteiger partial charge in [-0.05, 0) is 22.0 Å². The maximum atomic E-state index is 11.4. The third-order valence-corrected chi connectivity index (χ3v) is 4.43. The van der Waals surface area contributed by atoms with Crippen LogP contribution in [0, 0.1) is 0 Å². The third kappa shape index (κ3) is 4.09. The van der Waals surface area contributed by atoms with Crippen LogP contribution in [0.3, 0.4) is 0 Å². The zero-order valence-electron chi connectivity index (χ0n) is 9.35. The molecule has 0 aliphatic heterocycles. The average Bonchev–Trinajstić information content (AvgIpc) is 2.26. The van der Waals surface area contributed by atoms with Crippen molar-refractivity contribution in [2.45, 2.75) is 6.92 Å². The van der Waals surface area contributed by atoms with Crippen molar-refractivity contribution in [3.8, 4) is 0 Å². The van der Waals surface area contributed by atoms with Crippen molar-refractivity contribution in [1.29, 1.82) is 0 Å². The quantitative estimate of drug-likeness (QED) is 0.831. The van der Waals surface area contributed by atoms with E-state index >= 15 is 0 Å². The van der Waals surface area contributed by atoms with E-state index in [1.807, 2.05) is 18.0 Å². The van der Waals surface area contributed by atoms with E-state index in [2.05, 4.69) is 20.9 Å². The molecular weight excluding hydrogens is 292 g/mol. The van der Waals surface area contributed by atoms with Crippen molar-refractivity contribution < 1.29 is 8.42 Å². The second-order valence-electron chi connectivity index (χ2n) is 3.52. The highest BCUT2D eigenvalue weighted by Crippen LogP contribution is 2.16. The number of hydrogen-bond acceptors (Lipinski definition) is 4. The summed E-state index contributed by atoms with van der Waals surface area (Å²) in [7, 11) is -1.05. The first-order chi connectivity index (χ1) is 7.44. The number of sulfone groups is 1. The molecule has 0 amide bonds. The summed E-state index contributed by atoms with van der Waals surface area (Å²) in [5.74, 6) is 0.365. The smallest absolute Gasteiger partial charge is 0.151 e. The van der Waals surface area contributed by atoms with Gasteiger partial charge in [-0.3, -0.25) is 4.98 Å². The van der Waals surface area contributed by atoms with Gasteiger partial charge < -0.3 is 4.90 Å². The van der Waals surface area contributed by atoms with Crippen molar-refractivity contribution in [3.63, 3.8) is 0 Å². The number of hydrogen-bond donors (Lipinski definition) is 0. The van der Waals surface area contributed by atoms with Crippen LogP contribution in [0.1, 0.15) is 6.92 Å². The largest absolute Gasteiger partial charge is 0.372 e. The minimum Gasteiger partial charge on any atom is -0.372 e. The molecule has 0 fully saturated rings. The highest BCUT2D eigenvalue weighted by atomic mass is 79.9. The Morgan fingerprint density at radius 2 is 2.12 bits per heavy atom. The van der Waals surface area contributed by atoms with Gasteiger partial charge in [0.2, 0.25) is 0 Å². The minimum atomic E-state index is -2.91. The first-order valence-corrected chi connectivity index (χ1v) is 7.58. The lowest BCUT2D eigenvalue weighted by Crippen LogP contribution is -2.26. The molecule has 90 valence electrons. The Morgan fingerprint density at radius 3 is 2.69 bits per heavy atom. The summed E-state index contributed by atoms with van der Waals surface area (Å²) >= 11 is 3.33. The number of halogens is 1. The molecule has 0 atom stereocenters. The summed E-state index contributed by atoms with van der Waals surface area (Å²) in [4.78, 5) is 5.91. The summed E-state index contributed by atoms with van der Waals surface area (Å²) in [6, 6.07) is 1.91. The molecule has 0 aliphatic carbocycles.